The van der Waals surface area contributed by atoms with Crippen LogP contribution in [0.15, 0.2) is 83.5 Å². The van der Waals surface area contributed by atoms with Crippen LogP contribution in [0.3, 0.4) is 0 Å². The predicted octanol–water partition coefficient (Wildman–Crippen LogP) is 4.53. The Bertz CT molecular complexity index is 696. The number of rotatable bonds is 5. The van der Waals surface area contributed by atoms with Crippen LogP contribution in [0.2, 0.25) is 0 Å². The van der Waals surface area contributed by atoms with Crippen molar-refractivity contribution < 1.29 is 9.21 Å². The van der Waals surface area contributed by atoms with Gasteiger partial charge in [0.1, 0.15) is 0 Å². The van der Waals surface area contributed by atoms with Crippen LogP contribution in [-0.4, -0.2) is 17.4 Å². The van der Waals surface area contributed by atoms with Gasteiger partial charge in [-0.25, -0.2) is 0 Å². The van der Waals surface area contributed by atoms with Gasteiger partial charge < -0.3 is 9.32 Å². The van der Waals surface area contributed by atoms with Gasteiger partial charge in [0.05, 0.1) is 12.3 Å². The second-order valence-electron chi connectivity index (χ2n) is 5.29. The summed E-state index contributed by atoms with van der Waals surface area (Å²) in [7, 11) is 0. The minimum atomic E-state index is -0.139. The average Bonchev–Trinajstić information content (AvgIpc) is 3.15. The number of carbonyl (C=O) groups is 1. The highest BCUT2D eigenvalue weighted by molar-refractivity contribution is 5.92. The molecule has 0 spiro atoms. The van der Waals surface area contributed by atoms with Crippen LogP contribution in [0.4, 0.5) is 0 Å². The number of furan rings is 1. The molecule has 2 aromatic carbocycles. The van der Waals surface area contributed by atoms with E-state index in [0.29, 0.717) is 12.3 Å². The molecule has 3 rings (SSSR count). The van der Waals surface area contributed by atoms with Crippen molar-refractivity contribution in [3.63, 3.8) is 0 Å². The van der Waals surface area contributed by atoms with Gasteiger partial charge in [0.25, 0.3) is 5.91 Å². The van der Waals surface area contributed by atoms with Gasteiger partial charge >= 0.3 is 0 Å². The lowest BCUT2D eigenvalue weighted by Gasteiger charge is -2.31. The van der Waals surface area contributed by atoms with Gasteiger partial charge in [0, 0.05) is 6.54 Å². The van der Waals surface area contributed by atoms with Crippen molar-refractivity contribution in [2.24, 2.45) is 0 Å². The average molecular weight is 305 g/mol. The van der Waals surface area contributed by atoms with Crippen molar-refractivity contribution >= 4 is 5.91 Å². The van der Waals surface area contributed by atoms with Crippen molar-refractivity contribution in [3.05, 3.63) is 95.9 Å². The Kier molecular flexibility index (Phi) is 4.57. The molecule has 0 saturated carbocycles. The van der Waals surface area contributed by atoms with Crippen LogP contribution in [0.1, 0.15) is 34.6 Å². The summed E-state index contributed by atoms with van der Waals surface area (Å²) >= 11 is 0. The molecule has 0 radical (unpaired) electrons. The van der Waals surface area contributed by atoms with Crippen molar-refractivity contribution in [1.82, 2.24) is 4.90 Å². The van der Waals surface area contributed by atoms with E-state index in [-0.39, 0.29) is 11.9 Å². The van der Waals surface area contributed by atoms with Gasteiger partial charge in [-0.3, -0.25) is 4.79 Å². The molecule has 0 aliphatic carbocycles. The Morgan fingerprint density at radius 3 is 1.91 bits per heavy atom. The number of hydrogen-bond acceptors (Lipinski definition) is 2. The van der Waals surface area contributed by atoms with Crippen molar-refractivity contribution in [2.45, 2.75) is 13.0 Å². The van der Waals surface area contributed by atoms with E-state index < -0.39 is 0 Å². The number of hydrogen-bond donors (Lipinski definition) is 0. The minimum Gasteiger partial charge on any atom is -0.459 e. The maximum absolute atomic E-state index is 12.9. The zero-order chi connectivity index (χ0) is 16.1. The number of carbonyl (C=O) groups excluding carboxylic acids is 1. The van der Waals surface area contributed by atoms with Crippen LogP contribution in [0.5, 0.6) is 0 Å². The first-order valence-corrected chi connectivity index (χ1v) is 7.75. The molecule has 0 aliphatic rings. The van der Waals surface area contributed by atoms with Gasteiger partial charge in [-0.2, -0.15) is 0 Å². The molecule has 116 valence electrons. The quantitative estimate of drug-likeness (QED) is 0.694. The largest absolute Gasteiger partial charge is 0.459 e. The van der Waals surface area contributed by atoms with E-state index in [1.807, 2.05) is 48.2 Å². The third-order valence-electron chi connectivity index (χ3n) is 3.88. The molecule has 0 unspecified atom stereocenters. The monoisotopic (exact) mass is 305 g/mol. The first-order valence-electron chi connectivity index (χ1n) is 7.75. The third-order valence-corrected chi connectivity index (χ3v) is 3.88. The first-order chi connectivity index (χ1) is 11.3. The second-order valence-corrected chi connectivity index (χ2v) is 5.29. The zero-order valence-corrected chi connectivity index (χ0v) is 13.1. The van der Waals surface area contributed by atoms with E-state index in [1.54, 1.807) is 12.1 Å². The van der Waals surface area contributed by atoms with Gasteiger partial charge in [-0.05, 0) is 30.2 Å². The summed E-state index contributed by atoms with van der Waals surface area (Å²) < 4.78 is 5.31. The molecule has 0 aliphatic heterocycles. The summed E-state index contributed by atoms with van der Waals surface area (Å²) in [6.45, 7) is 2.58. The molecule has 0 fully saturated rings. The third kappa shape index (κ3) is 3.19. The van der Waals surface area contributed by atoms with E-state index in [4.69, 9.17) is 4.42 Å². The molecule has 1 heterocycles. The van der Waals surface area contributed by atoms with Gasteiger partial charge in [-0.15, -0.1) is 0 Å². The zero-order valence-electron chi connectivity index (χ0n) is 13.1. The molecule has 3 heteroatoms. The smallest absolute Gasteiger partial charge is 0.290 e. The maximum Gasteiger partial charge on any atom is 0.290 e. The van der Waals surface area contributed by atoms with E-state index in [9.17, 15) is 4.79 Å². The normalized spacial score (nSPS) is 10.7. The molecule has 0 atom stereocenters. The summed E-state index contributed by atoms with van der Waals surface area (Å²) in [6.07, 6.45) is 1.53. The van der Waals surface area contributed by atoms with Crippen molar-refractivity contribution in [2.75, 3.05) is 6.54 Å². The minimum absolute atomic E-state index is 0.102. The van der Waals surface area contributed by atoms with Gasteiger partial charge in [0.2, 0.25) is 0 Å². The summed E-state index contributed by atoms with van der Waals surface area (Å²) in [6, 6.07) is 23.5. The standard InChI is InChI=1S/C20H19NO2/c1-2-21(20(22)18-14-9-15-23-18)19(16-10-5-3-6-11-16)17-12-7-4-8-13-17/h3-15,19H,2H2,1H3. The summed E-state index contributed by atoms with van der Waals surface area (Å²) in [5.41, 5.74) is 2.17. The Morgan fingerprint density at radius 1 is 0.913 bits per heavy atom. The van der Waals surface area contributed by atoms with Crippen molar-refractivity contribution in [1.29, 1.82) is 0 Å². The van der Waals surface area contributed by atoms with E-state index in [2.05, 4.69) is 24.3 Å². The van der Waals surface area contributed by atoms with Crippen molar-refractivity contribution in [3.8, 4) is 0 Å². The molecule has 0 saturated heterocycles. The summed E-state index contributed by atoms with van der Waals surface area (Å²) in [4.78, 5) is 14.7. The highest BCUT2D eigenvalue weighted by Gasteiger charge is 2.27. The Hall–Kier alpha value is -2.81. The predicted molar refractivity (Wildman–Crippen MR) is 90.1 cm³/mol. The van der Waals surface area contributed by atoms with Crippen LogP contribution in [-0.2, 0) is 0 Å². The Balaban J connectivity index is 2.05. The first kappa shape index (κ1) is 15.1. The van der Waals surface area contributed by atoms with E-state index >= 15 is 0 Å². The number of nitrogens with zero attached hydrogens (tertiary/aromatic N) is 1. The molecule has 3 nitrogen and oxygen atoms in total. The number of amides is 1. The van der Waals surface area contributed by atoms with E-state index in [0.717, 1.165) is 11.1 Å². The molecule has 3 aromatic rings. The van der Waals surface area contributed by atoms with Crippen LogP contribution < -0.4 is 0 Å². The molecule has 0 N–H and O–H groups in total. The van der Waals surface area contributed by atoms with Gasteiger partial charge in [0.15, 0.2) is 5.76 Å². The summed E-state index contributed by atoms with van der Waals surface area (Å²) in [5, 5.41) is 0. The highest BCUT2D eigenvalue weighted by atomic mass is 16.3. The fourth-order valence-electron chi connectivity index (χ4n) is 2.81. The fraction of sp³-hybridized carbons (Fsp3) is 0.150. The molecular formula is C20H19NO2. The molecule has 23 heavy (non-hydrogen) atoms. The van der Waals surface area contributed by atoms with Crippen LogP contribution in [0, 0.1) is 0 Å². The topological polar surface area (TPSA) is 33.5 Å². The Labute approximate surface area is 136 Å². The lowest BCUT2D eigenvalue weighted by molar-refractivity contribution is 0.0684. The van der Waals surface area contributed by atoms with Crippen LogP contribution in [0.25, 0.3) is 0 Å². The number of benzene rings is 2. The molecule has 1 aromatic heterocycles. The highest BCUT2D eigenvalue weighted by Crippen LogP contribution is 2.29. The second kappa shape index (κ2) is 6.97. The van der Waals surface area contributed by atoms with Crippen LogP contribution >= 0.6 is 0 Å². The fourth-order valence-corrected chi connectivity index (χ4v) is 2.81. The maximum atomic E-state index is 12.9. The SMILES string of the molecule is CCN(C(=O)c1ccco1)C(c1ccccc1)c1ccccc1. The lowest BCUT2D eigenvalue weighted by Crippen LogP contribution is -2.35. The van der Waals surface area contributed by atoms with Gasteiger partial charge in [-0.1, -0.05) is 60.7 Å². The lowest BCUT2D eigenvalue weighted by atomic mass is 9.96. The Morgan fingerprint density at radius 2 is 1.48 bits per heavy atom. The molecular weight excluding hydrogens is 286 g/mol. The molecule has 0 bridgehead atoms. The van der Waals surface area contributed by atoms with E-state index in [1.165, 1.54) is 6.26 Å². The summed E-state index contributed by atoms with van der Waals surface area (Å²) in [5.74, 6) is 0.263. The molecule has 1 amide bonds.